The van der Waals surface area contributed by atoms with Crippen molar-refractivity contribution in [3.8, 4) is 23.7 Å². The zero-order valence-electron chi connectivity index (χ0n) is 19.2. The lowest BCUT2D eigenvalue weighted by atomic mass is 9.85. The maximum atomic E-state index is 10.2. The van der Waals surface area contributed by atoms with Gasteiger partial charge in [0.15, 0.2) is 0 Å². The predicted molar refractivity (Wildman–Crippen MR) is 123 cm³/mol. The average Bonchev–Trinajstić information content (AvgIpc) is 2.83. The minimum Gasteiger partial charge on any atom is -0.394 e. The zero-order valence-corrected chi connectivity index (χ0v) is 20.0. The topological polar surface area (TPSA) is 180 Å². The van der Waals surface area contributed by atoms with Crippen molar-refractivity contribution < 1.29 is 50.3 Å². The number of rotatable bonds is 2. The molecule has 2 unspecified atom stereocenters. The van der Waals surface area contributed by atoms with Gasteiger partial charge in [-0.2, -0.15) is 0 Å². The van der Waals surface area contributed by atoms with Gasteiger partial charge in [0.25, 0.3) is 0 Å². The van der Waals surface area contributed by atoms with Crippen LogP contribution in [-0.2, 0) is 9.47 Å². The first-order valence-corrected chi connectivity index (χ1v) is 12.4. The smallest absolute Gasteiger partial charge is 0.147 e. The van der Waals surface area contributed by atoms with Crippen LogP contribution in [0.25, 0.3) is 0 Å². The standard InChI is InChI=1S/C24H35ClO10/c25-14-8-12(4-6-15-19(28)23(32)21(30)17(10-26)34-15)2-1-3-13(9-14)5-7-16-20(29)24(33)22(31)18(11-27)35-16/h12-24,26-33H,1-3,8-11H2/t12?,13?,14?,15-,16-,17-,18-,19-,20-,21-,22-,23-,24-/m1/s1. The highest BCUT2D eigenvalue weighted by atomic mass is 35.5. The summed E-state index contributed by atoms with van der Waals surface area (Å²) in [6, 6.07) is 0. The Morgan fingerprint density at radius 3 is 1.37 bits per heavy atom. The number of halogens is 1. The Balaban J connectivity index is 1.58. The van der Waals surface area contributed by atoms with Gasteiger partial charge >= 0.3 is 0 Å². The van der Waals surface area contributed by atoms with Crippen molar-refractivity contribution in [2.24, 2.45) is 11.8 Å². The van der Waals surface area contributed by atoms with Gasteiger partial charge in [0.1, 0.15) is 61.0 Å². The number of hydrogen-bond donors (Lipinski definition) is 8. The molecular formula is C24H35ClO10. The lowest BCUT2D eigenvalue weighted by Crippen LogP contribution is -2.58. The van der Waals surface area contributed by atoms with Crippen LogP contribution >= 0.6 is 11.6 Å². The van der Waals surface area contributed by atoms with E-state index in [0.29, 0.717) is 25.7 Å². The van der Waals surface area contributed by atoms with Gasteiger partial charge in [-0.3, -0.25) is 0 Å². The first-order chi connectivity index (χ1) is 16.7. The Morgan fingerprint density at radius 1 is 0.600 bits per heavy atom. The van der Waals surface area contributed by atoms with Crippen LogP contribution in [-0.4, -0.2) is 120 Å². The van der Waals surface area contributed by atoms with E-state index in [0.717, 1.165) is 6.42 Å². The van der Waals surface area contributed by atoms with Crippen molar-refractivity contribution in [3.05, 3.63) is 0 Å². The normalized spacial score (nSPS) is 46.8. The highest BCUT2D eigenvalue weighted by Gasteiger charge is 2.43. The molecule has 0 aromatic heterocycles. The summed E-state index contributed by atoms with van der Waals surface area (Å²) in [6.45, 7) is -1.02. The van der Waals surface area contributed by atoms with Gasteiger partial charge in [-0.15, -0.1) is 11.6 Å². The molecule has 3 rings (SSSR count). The third-order valence-corrected chi connectivity index (χ3v) is 7.19. The molecule has 2 saturated heterocycles. The fourth-order valence-corrected chi connectivity index (χ4v) is 5.09. The number of aliphatic hydroxyl groups excluding tert-OH is 8. The molecule has 0 amide bonds. The van der Waals surface area contributed by atoms with Crippen molar-refractivity contribution in [2.75, 3.05) is 13.2 Å². The number of aliphatic hydroxyl groups is 8. The van der Waals surface area contributed by atoms with E-state index in [2.05, 4.69) is 23.7 Å². The Kier molecular flexibility index (Phi) is 10.6. The van der Waals surface area contributed by atoms with Crippen LogP contribution in [0.5, 0.6) is 0 Å². The van der Waals surface area contributed by atoms with Gasteiger partial charge in [0, 0.05) is 17.2 Å². The Labute approximate surface area is 209 Å². The van der Waals surface area contributed by atoms with Crippen molar-refractivity contribution in [3.63, 3.8) is 0 Å². The van der Waals surface area contributed by atoms with Crippen LogP contribution < -0.4 is 0 Å². The van der Waals surface area contributed by atoms with Crippen LogP contribution in [0.4, 0.5) is 0 Å². The van der Waals surface area contributed by atoms with E-state index in [1.165, 1.54) is 0 Å². The molecule has 3 aliphatic rings. The number of hydrogen-bond acceptors (Lipinski definition) is 10. The molecule has 1 saturated carbocycles. The minimum atomic E-state index is -1.47. The molecule has 1 aliphatic carbocycles. The second-order valence-corrected chi connectivity index (χ2v) is 10.1. The van der Waals surface area contributed by atoms with Gasteiger partial charge in [0.05, 0.1) is 13.2 Å². The largest absolute Gasteiger partial charge is 0.394 e. The van der Waals surface area contributed by atoms with Gasteiger partial charge in [0.2, 0.25) is 0 Å². The Hall–Kier alpha value is -0.990. The molecule has 8 N–H and O–H groups in total. The monoisotopic (exact) mass is 518 g/mol. The van der Waals surface area contributed by atoms with E-state index in [9.17, 15) is 40.9 Å². The zero-order chi connectivity index (χ0) is 25.7. The lowest BCUT2D eigenvalue weighted by molar-refractivity contribution is -0.214. The van der Waals surface area contributed by atoms with Gasteiger partial charge in [-0.1, -0.05) is 30.1 Å². The molecule has 3 fully saturated rings. The summed E-state index contributed by atoms with van der Waals surface area (Å²) in [5, 5.41) is 78.3. The molecule has 0 aromatic rings. The van der Waals surface area contributed by atoms with Crippen molar-refractivity contribution in [1.82, 2.24) is 0 Å². The molecular weight excluding hydrogens is 484 g/mol. The molecule has 0 aromatic carbocycles. The quantitative estimate of drug-likeness (QED) is 0.143. The molecule has 0 radical (unpaired) electrons. The molecule has 12 atom stereocenters. The molecule has 11 heteroatoms. The van der Waals surface area contributed by atoms with E-state index in [1.54, 1.807) is 0 Å². The van der Waals surface area contributed by atoms with Crippen LogP contribution in [0, 0.1) is 35.5 Å². The first-order valence-electron chi connectivity index (χ1n) is 11.9. The van der Waals surface area contributed by atoms with E-state index < -0.39 is 74.3 Å². The predicted octanol–water partition coefficient (Wildman–Crippen LogP) is -2.52. The molecule has 0 bridgehead atoms. The van der Waals surface area contributed by atoms with Crippen molar-refractivity contribution in [1.29, 1.82) is 0 Å². The molecule has 35 heavy (non-hydrogen) atoms. The number of alkyl halides is 1. The van der Waals surface area contributed by atoms with E-state index in [4.69, 9.17) is 21.1 Å². The molecule has 198 valence electrons. The van der Waals surface area contributed by atoms with E-state index in [-0.39, 0.29) is 17.2 Å². The lowest BCUT2D eigenvalue weighted by Gasteiger charge is -2.38. The molecule has 2 heterocycles. The minimum absolute atomic E-state index is 0.0794. The fraction of sp³-hybridized carbons (Fsp3) is 0.833. The maximum absolute atomic E-state index is 10.2. The van der Waals surface area contributed by atoms with Gasteiger partial charge < -0.3 is 50.3 Å². The maximum Gasteiger partial charge on any atom is 0.147 e. The second-order valence-electron chi connectivity index (χ2n) is 9.47. The molecule has 2 aliphatic heterocycles. The SMILES string of the molecule is OC[C@H]1O[C@H](C#CC2CCCC(C#C[C@H]3O[C@H](CO)[C@@H](O)[C@H](O)[C@@H]3O)CC(Cl)C2)[C@@H](O)[C@@H](O)[C@@H]1O. The van der Waals surface area contributed by atoms with Gasteiger partial charge in [-0.25, -0.2) is 0 Å². The molecule has 10 nitrogen and oxygen atoms in total. The first kappa shape index (κ1) is 28.6. The van der Waals surface area contributed by atoms with Crippen LogP contribution in [0.15, 0.2) is 0 Å². The highest BCUT2D eigenvalue weighted by Crippen LogP contribution is 2.30. The summed E-state index contributed by atoms with van der Waals surface area (Å²) in [5.41, 5.74) is 0. The molecule has 0 spiro atoms. The summed E-state index contributed by atoms with van der Waals surface area (Å²) < 4.78 is 10.9. The van der Waals surface area contributed by atoms with E-state index in [1.807, 2.05) is 0 Å². The summed E-state index contributed by atoms with van der Waals surface area (Å²) in [4.78, 5) is 0. The Morgan fingerprint density at radius 2 is 1.00 bits per heavy atom. The summed E-state index contributed by atoms with van der Waals surface area (Å²) >= 11 is 6.55. The van der Waals surface area contributed by atoms with Crippen molar-refractivity contribution >= 4 is 11.6 Å². The third kappa shape index (κ3) is 7.07. The van der Waals surface area contributed by atoms with Gasteiger partial charge in [-0.05, 0) is 25.7 Å². The van der Waals surface area contributed by atoms with Crippen molar-refractivity contribution in [2.45, 2.75) is 98.5 Å². The number of ether oxygens (including phenoxy) is 2. The second kappa shape index (κ2) is 13.0. The summed E-state index contributed by atoms with van der Waals surface area (Å²) in [6.07, 6.45) is -9.36. The van der Waals surface area contributed by atoms with Crippen LogP contribution in [0.1, 0.15) is 32.1 Å². The Bertz CT molecular complexity index is 738. The fourth-order valence-electron chi connectivity index (χ4n) is 4.66. The summed E-state index contributed by atoms with van der Waals surface area (Å²) in [5.74, 6) is 11.6. The summed E-state index contributed by atoms with van der Waals surface area (Å²) in [7, 11) is 0. The van der Waals surface area contributed by atoms with Crippen LogP contribution in [0.2, 0.25) is 0 Å². The average molecular weight is 519 g/mol. The van der Waals surface area contributed by atoms with Crippen LogP contribution in [0.3, 0.4) is 0 Å². The van der Waals surface area contributed by atoms with E-state index >= 15 is 0 Å². The highest BCUT2D eigenvalue weighted by molar-refractivity contribution is 6.20. The third-order valence-electron chi connectivity index (χ3n) is 6.83.